The quantitative estimate of drug-likeness (QED) is 0.595. The second-order valence-electron chi connectivity index (χ2n) is 2.16. The molecule has 0 atom stereocenters. The van der Waals surface area contributed by atoms with Gasteiger partial charge in [0.15, 0.2) is 0 Å². The zero-order valence-corrected chi connectivity index (χ0v) is 6.26. The van der Waals surface area contributed by atoms with Crippen LogP contribution in [0.5, 0.6) is 0 Å². The molecular formula is C6H13NO3. The van der Waals surface area contributed by atoms with Gasteiger partial charge in [0, 0.05) is 6.04 Å². The molecule has 10 heavy (non-hydrogen) atoms. The van der Waals surface area contributed by atoms with Gasteiger partial charge >= 0.3 is 6.09 Å². The molecule has 0 radical (unpaired) electrons. The zero-order chi connectivity index (χ0) is 7.98. The fraction of sp³-hybridized carbons (Fsp3) is 0.833. The molecule has 0 fully saturated rings. The molecule has 1 amide bonds. The predicted molar refractivity (Wildman–Crippen MR) is 36.7 cm³/mol. The molecule has 0 unspecified atom stereocenters. The lowest BCUT2D eigenvalue weighted by atomic mass is 10.4. The molecule has 0 aromatic rings. The first-order valence-electron chi connectivity index (χ1n) is 3.21. The number of nitrogens with one attached hydrogen (secondary N) is 1. The molecule has 0 rings (SSSR count). The number of carbonyl (C=O) groups is 1. The van der Waals surface area contributed by atoms with E-state index in [9.17, 15) is 4.79 Å². The molecular weight excluding hydrogens is 134 g/mol. The minimum Gasteiger partial charge on any atom is -0.447 e. The molecule has 4 nitrogen and oxygen atoms in total. The molecule has 0 aliphatic rings. The summed E-state index contributed by atoms with van der Waals surface area (Å²) in [4.78, 5) is 10.6. The van der Waals surface area contributed by atoms with E-state index in [1.807, 2.05) is 13.8 Å². The van der Waals surface area contributed by atoms with Gasteiger partial charge < -0.3 is 15.2 Å². The number of aliphatic hydroxyl groups excluding tert-OH is 1. The van der Waals surface area contributed by atoms with Gasteiger partial charge in [-0.15, -0.1) is 0 Å². The Morgan fingerprint density at radius 1 is 1.70 bits per heavy atom. The molecule has 0 saturated heterocycles. The number of ether oxygens (including phenoxy) is 1. The van der Waals surface area contributed by atoms with Gasteiger partial charge in [0.25, 0.3) is 0 Å². The van der Waals surface area contributed by atoms with Gasteiger partial charge in [-0.25, -0.2) is 4.79 Å². The molecule has 4 heteroatoms. The third kappa shape index (κ3) is 5.37. The number of amides is 1. The van der Waals surface area contributed by atoms with Crippen molar-refractivity contribution in [1.82, 2.24) is 5.32 Å². The van der Waals surface area contributed by atoms with Crippen LogP contribution in [0.4, 0.5) is 4.79 Å². The number of rotatable bonds is 3. The average molecular weight is 147 g/mol. The van der Waals surface area contributed by atoms with Crippen LogP contribution in [-0.2, 0) is 4.74 Å². The van der Waals surface area contributed by atoms with Crippen molar-refractivity contribution in [2.24, 2.45) is 0 Å². The lowest BCUT2D eigenvalue weighted by Crippen LogP contribution is -2.31. The number of hydrogen-bond donors (Lipinski definition) is 2. The smallest absolute Gasteiger partial charge is 0.407 e. The molecule has 2 N–H and O–H groups in total. The van der Waals surface area contributed by atoms with E-state index in [1.165, 1.54) is 0 Å². The van der Waals surface area contributed by atoms with E-state index in [4.69, 9.17) is 5.11 Å². The van der Waals surface area contributed by atoms with Gasteiger partial charge in [0.2, 0.25) is 0 Å². The van der Waals surface area contributed by atoms with Crippen LogP contribution in [-0.4, -0.2) is 30.5 Å². The van der Waals surface area contributed by atoms with Crippen LogP contribution in [0.3, 0.4) is 0 Å². The van der Waals surface area contributed by atoms with Gasteiger partial charge in [0.1, 0.15) is 6.61 Å². The zero-order valence-electron chi connectivity index (χ0n) is 6.26. The molecule has 0 aromatic heterocycles. The Bertz CT molecular complexity index is 103. The van der Waals surface area contributed by atoms with Crippen LogP contribution < -0.4 is 5.32 Å². The monoisotopic (exact) mass is 147 g/mol. The summed E-state index contributed by atoms with van der Waals surface area (Å²) in [6, 6.07) is 0.0752. The summed E-state index contributed by atoms with van der Waals surface area (Å²) in [7, 11) is 0. The predicted octanol–water partition coefficient (Wildman–Crippen LogP) is 0.113. The summed E-state index contributed by atoms with van der Waals surface area (Å²) in [5.74, 6) is 0. The van der Waals surface area contributed by atoms with E-state index in [2.05, 4.69) is 10.1 Å². The summed E-state index contributed by atoms with van der Waals surface area (Å²) in [5.41, 5.74) is 0. The fourth-order valence-electron chi connectivity index (χ4n) is 0.416. The van der Waals surface area contributed by atoms with Crippen molar-refractivity contribution in [1.29, 1.82) is 0 Å². The van der Waals surface area contributed by atoms with E-state index in [1.54, 1.807) is 0 Å². The highest BCUT2D eigenvalue weighted by molar-refractivity contribution is 5.67. The van der Waals surface area contributed by atoms with Crippen molar-refractivity contribution in [3.05, 3.63) is 0 Å². The van der Waals surface area contributed by atoms with Gasteiger partial charge in [-0.1, -0.05) is 0 Å². The summed E-state index contributed by atoms with van der Waals surface area (Å²) >= 11 is 0. The first-order valence-corrected chi connectivity index (χ1v) is 3.21. The lowest BCUT2D eigenvalue weighted by molar-refractivity contribution is 0.117. The summed E-state index contributed by atoms with van der Waals surface area (Å²) < 4.78 is 4.50. The van der Waals surface area contributed by atoms with Crippen LogP contribution in [0.1, 0.15) is 13.8 Å². The fourth-order valence-corrected chi connectivity index (χ4v) is 0.416. The standard InChI is InChI=1S/C6H13NO3/c1-5(2)7-6(9)10-4-3-8/h5,8H,3-4H2,1-2H3,(H,7,9). The van der Waals surface area contributed by atoms with E-state index < -0.39 is 6.09 Å². The van der Waals surface area contributed by atoms with Crippen LogP contribution in [0, 0.1) is 0 Å². The topological polar surface area (TPSA) is 58.6 Å². The van der Waals surface area contributed by atoms with Crippen LogP contribution in [0.15, 0.2) is 0 Å². The molecule has 0 aliphatic heterocycles. The number of hydrogen-bond acceptors (Lipinski definition) is 3. The van der Waals surface area contributed by atoms with E-state index >= 15 is 0 Å². The SMILES string of the molecule is CC(C)NC(=O)OCCO. The minimum absolute atomic E-state index is 0.0541. The highest BCUT2D eigenvalue weighted by Crippen LogP contribution is 1.80. The van der Waals surface area contributed by atoms with E-state index in [0.29, 0.717) is 0 Å². The summed E-state index contributed by atoms with van der Waals surface area (Å²) in [6.45, 7) is 3.59. The lowest BCUT2D eigenvalue weighted by Gasteiger charge is -2.07. The van der Waals surface area contributed by atoms with Gasteiger partial charge in [-0.3, -0.25) is 0 Å². The largest absolute Gasteiger partial charge is 0.447 e. The Labute approximate surface area is 60.2 Å². The molecule has 0 aliphatic carbocycles. The Hall–Kier alpha value is -0.770. The van der Waals surface area contributed by atoms with Gasteiger partial charge in [-0.2, -0.15) is 0 Å². The van der Waals surface area contributed by atoms with E-state index in [-0.39, 0.29) is 19.3 Å². The second-order valence-corrected chi connectivity index (χ2v) is 2.16. The van der Waals surface area contributed by atoms with Gasteiger partial charge in [-0.05, 0) is 13.8 Å². The third-order valence-corrected chi connectivity index (χ3v) is 0.731. The highest BCUT2D eigenvalue weighted by Gasteiger charge is 2.01. The normalized spacial score (nSPS) is 9.60. The van der Waals surface area contributed by atoms with E-state index in [0.717, 1.165) is 0 Å². The van der Waals surface area contributed by atoms with Gasteiger partial charge in [0.05, 0.1) is 6.61 Å². The van der Waals surface area contributed by atoms with Crippen molar-refractivity contribution >= 4 is 6.09 Å². The summed E-state index contributed by atoms with van der Waals surface area (Å²) in [5, 5.41) is 10.7. The molecule has 0 spiro atoms. The molecule has 0 aromatic carbocycles. The summed E-state index contributed by atoms with van der Waals surface area (Å²) in [6.07, 6.45) is -0.482. The maximum Gasteiger partial charge on any atom is 0.407 e. The Balaban J connectivity index is 3.26. The Kier molecular flexibility index (Phi) is 4.66. The Morgan fingerprint density at radius 3 is 2.70 bits per heavy atom. The Morgan fingerprint density at radius 2 is 2.30 bits per heavy atom. The third-order valence-electron chi connectivity index (χ3n) is 0.731. The molecule has 0 saturated carbocycles. The molecule has 0 bridgehead atoms. The van der Waals surface area contributed by atoms with Crippen molar-refractivity contribution in [3.8, 4) is 0 Å². The first-order chi connectivity index (χ1) is 4.66. The second kappa shape index (κ2) is 5.05. The van der Waals surface area contributed by atoms with Crippen molar-refractivity contribution in [2.45, 2.75) is 19.9 Å². The molecule has 0 heterocycles. The van der Waals surface area contributed by atoms with Crippen molar-refractivity contribution < 1.29 is 14.6 Å². The average Bonchev–Trinajstić information content (AvgIpc) is 1.82. The first kappa shape index (κ1) is 9.23. The van der Waals surface area contributed by atoms with Crippen LogP contribution in [0.25, 0.3) is 0 Å². The molecule has 60 valence electrons. The van der Waals surface area contributed by atoms with Crippen molar-refractivity contribution in [2.75, 3.05) is 13.2 Å². The highest BCUT2D eigenvalue weighted by atomic mass is 16.6. The van der Waals surface area contributed by atoms with Crippen molar-refractivity contribution in [3.63, 3.8) is 0 Å². The van der Waals surface area contributed by atoms with Crippen LogP contribution >= 0.6 is 0 Å². The number of aliphatic hydroxyl groups is 1. The number of carbonyl (C=O) groups excluding carboxylic acids is 1. The maximum absolute atomic E-state index is 10.6. The minimum atomic E-state index is -0.482. The maximum atomic E-state index is 10.6. The number of alkyl carbamates (subject to hydrolysis) is 1. The van der Waals surface area contributed by atoms with Crippen LogP contribution in [0.2, 0.25) is 0 Å².